The first-order chi connectivity index (χ1) is 11.4. The van der Waals surface area contributed by atoms with Gasteiger partial charge in [-0.25, -0.2) is 4.99 Å². The number of esters is 1. The standard InChI is InChI=1S/C16H15BrN2O4S/c1-3-22-14(21)12-13-9-6-8(17)4-5-10(9)23-16(12,2)18-15-19(13)11(20)7-24-15/h4-6,12-13H,3,7H2,1-2H3/t12-,13+,16-/m0/s1. The number of fused-ring (bicyclic) bond motifs is 6. The molecular weight excluding hydrogens is 396 g/mol. The molecule has 0 aliphatic carbocycles. The number of carbonyl (C=O) groups excluding carboxylic acids is 2. The van der Waals surface area contributed by atoms with Crippen molar-refractivity contribution >= 4 is 44.7 Å². The summed E-state index contributed by atoms with van der Waals surface area (Å²) in [6.07, 6.45) is 0. The quantitative estimate of drug-likeness (QED) is 0.701. The lowest BCUT2D eigenvalue weighted by molar-refractivity contribution is -0.163. The minimum atomic E-state index is -1.08. The molecule has 2 bridgehead atoms. The van der Waals surface area contributed by atoms with E-state index in [4.69, 9.17) is 9.47 Å². The van der Waals surface area contributed by atoms with Crippen molar-refractivity contribution in [1.82, 2.24) is 4.90 Å². The number of hydrogen-bond donors (Lipinski definition) is 0. The predicted molar refractivity (Wildman–Crippen MR) is 92.8 cm³/mol. The van der Waals surface area contributed by atoms with Crippen LogP contribution in [-0.4, -0.2) is 40.0 Å². The van der Waals surface area contributed by atoms with Gasteiger partial charge in [0.15, 0.2) is 5.17 Å². The van der Waals surface area contributed by atoms with Gasteiger partial charge in [0.25, 0.3) is 0 Å². The fourth-order valence-corrected chi connectivity index (χ4v) is 4.86. The van der Waals surface area contributed by atoms with Crippen LogP contribution in [0.5, 0.6) is 5.75 Å². The lowest BCUT2D eigenvalue weighted by Crippen LogP contribution is -2.59. The Hall–Kier alpha value is -1.54. The zero-order chi connectivity index (χ0) is 17.1. The first kappa shape index (κ1) is 16.0. The van der Waals surface area contributed by atoms with E-state index in [0.717, 1.165) is 10.0 Å². The number of thioether (sulfide) groups is 1. The van der Waals surface area contributed by atoms with Crippen LogP contribution in [0.3, 0.4) is 0 Å². The number of benzene rings is 1. The number of ether oxygens (including phenoxy) is 2. The minimum Gasteiger partial charge on any atom is -0.466 e. The van der Waals surface area contributed by atoms with Crippen LogP contribution in [0.2, 0.25) is 0 Å². The van der Waals surface area contributed by atoms with E-state index >= 15 is 0 Å². The summed E-state index contributed by atoms with van der Waals surface area (Å²) < 4.78 is 12.2. The smallest absolute Gasteiger partial charge is 0.317 e. The number of hydrogen-bond acceptors (Lipinski definition) is 6. The average molecular weight is 411 g/mol. The summed E-state index contributed by atoms with van der Waals surface area (Å²) in [6.45, 7) is 3.80. The van der Waals surface area contributed by atoms with Crippen molar-refractivity contribution < 1.29 is 19.1 Å². The molecule has 126 valence electrons. The van der Waals surface area contributed by atoms with E-state index in [1.165, 1.54) is 11.8 Å². The van der Waals surface area contributed by atoms with Gasteiger partial charge in [-0.1, -0.05) is 27.7 Å². The molecule has 1 fully saturated rings. The molecule has 0 saturated carbocycles. The highest BCUT2D eigenvalue weighted by atomic mass is 79.9. The molecule has 0 radical (unpaired) electrons. The second-order valence-corrected chi connectivity index (χ2v) is 7.82. The molecule has 0 unspecified atom stereocenters. The number of nitrogens with zero attached hydrogens (tertiary/aromatic N) is 2. The van der Waals surface area contributed by atoms with Crippen molar-refractivity contribution in [3.05, 3.63) is 28.2 Å². The highest BCUT2D eigenvalue weighted by molar-refractivity contribution is 9.10. The van der Waals surface area contributed by atoms with Crippen LogP contribution in [0, 0.1) is 5.92 Å². The summed E-state index contributed by atoms with van der Waals surface area (Å²) in [4.78, 5) is 31.4. The average Bonchev–Trinajstić information content (AvgIpc) is 2.87. The Morgan fingerprint density at radius 3 is 3.12 bits per heavy atom. The number of amides is 1. The SMILES string of the molecule is CCOC(=O)[C@@H]1[C@H]2c3cc(Br)ccc3O[C@]1(C)N=C1SCC(=O)N12. The third kappa shape index (κ3) is 2.19. The molecule has 1 saturated heterocycles. The third-order valence-electron chi connectivity index (χ3n) is 4.44. The number of halogens is 1. The summed E-state index contributed by atoms with van der Waals surface area (Å²) >= 11 is 4.84. The number of rotatable bonds is 2. The summed E-state index contributed by atoms with van der Waals surface area (Å²) in [7, 11) is 0. The highest BCUT2D eigenvalue weighted by Crippen LogP contribution is 2.53. The van der Waals surface area contributed by atoms with Crippen LogP contribution >= 0.6 is 27.7 Å². The van der Waals surface area contributed by atoms with Gasteiger partial charge >= 0.3 is 5.97 Å². The van der Waals surface area contributed by atoms with Gasteiger partial charge in [-0.2, -0.15) is 0 Å². The molecule has 3 aliphatic rings. The molecule has 3 atom stereocenters. The van der Waals surface area contributed by atoms with Gasteiger partial charge in [0.1, 0.15) is 11.7 Å². The Balaban J connectivity index is 1.93. The number of amidine groups is 1. The predicted octanol–water partition coefficient (Wildman–Crippen LogP) is 2.72. The van der Waals surface area contributed by atoms with E-state index in [-0.39, 0.29) is 12.5 Å². The van der Waals surface area contributed by atoms with Gasteiger partial charge < -0.3 is 9.47 Å². The Morgan fingerprint density at radius 2 is 2.38 bits per heavy atom. The molecule has 1 aromatic carbocycles. The summed E-state index contributed by atoms with van der Waals surface area (Å²) in [6, 6.07) is 5.13. The second kappa shape index (κ2) is 5.49. The van der Waals surface area contributed by atoms with Crippen molar-refractivity contribution in [3.8, 4) is 5.75 Å². The summed E-state index contributed by atoms with van der Waals surface area (Å²) in [5, 5.41) is 0.610. The van der Waals surface area contributed by atoms with Gasteiger partial charge in [0.05, 0.1) is 18.4 Å². The van der Waals surface area contributed by atoms with Crippen molar-refractivity contribution in [2.24, 2.45) is 10.9 Å². The molecule has 24 heavy (non-hydrogen) atoms. The van der Waals surface area contributed by atoms with E-state index in [0.29, 0.717) is 16.7 Å². The Kier molecular flexibility index (Phi) is 3.65. The van der Waals surface area contributed by atoms with Crippen molar-refractivity contribution in [2.45, 2.75) is 25.6 Å². The molecule has 1 amide bonds. The maximum absolute atomic E-state index is 12.7. The molecular formula is C16H15BrN2O4S. The van der Waals surface area contributed by atoms with Crippen LogP contribution in [0.4, 0.5) is 0 Å². The van der Waals surface area contributed by atoms with Crippen molar-refractivity contribution in [1.29, 1.82) is 0 Å². The van der Waals surface area contributed by atoms with Gasteiger partial charge in [0, 0.05) is 10.0 Å². The van der Waals surface area contributed by atoms with E-state index in [9.17, 15) is 9.59 Å². The molecule has 6 nitrogen and oxygen atoms in total. The van der Waals surface area contributed by atoms with Crippen molar-refractivity contribution in [3.63, 3.8) is 0 Å². The van der Waals surface area contributed by atoms with Gasteiger partial charge in [0.2, 0.25) is 11.6 Å². The van der Waals surface area contributed by atoms with Crippen LogP contribution < -0.4 is 4.74 Å². The molecule has 3 aliphatic heterocycles. The zero-order valence-electron chi connectivity index (χ0n) is 13.1. The first-order valence-electron chi connectivity index (χ1n) is 7.64. The van der Waals surface area contributed by atoms with Crippen LogP contribution in [-0.2, 0) is 14.3 Å². The topological polar surface area (TPSA) is 68.2 Å². The highest BCUT2D eigenvalue weighted by Gasteiger charge is 2.60. The maximum Gasteiger partial charge on any atom is 0.317 e. The van der Waals surface area contributed by atoms with E-state index in [2.05, 4.69) is 20.9 Å². The largest absolute Gasteiger partial charge is 0.466 e. The van der Waals surface area contributed by atoms with Crippen LogP contribution in [0.15, 0.2) is 27.7 Å². The molecule has 0 spiro atoms. The van der Waals surface area contributed by atoms with Crippen LogP contribution in [0.1, 0.15) is 25.5 Å². The van der Waals surface area contributed by atoms with Crippen LogP contribution in [0.25, 0.3) is 0 Å². The molecule has 0 aromatic heterocycles. The minimum absolute atomic E-state index is 0.0482. The van der Waals surface area contributed by atoms with E-state index < -0.39 is 23.7 Å². The fourth-order valence-electron chi connectivity index (χ4n) is 3.48. The normalized spacial score (nSPS) is 30.2. The number of aliphatic imine (C=N–C) groups is 1. The second-order valence-electron chi connectivity index (χ2n) is 5.96. The van der Waals surface area contributed by atoms with E-state index in [1.807, 2.05) is 18.2 Å². The Morgan fingerprint density at radius 1 is 1.58 bits per heavy atom. The van der Waals surface area contributed by atoms with Gasteiger partial charge in [-0.15, -0.1) is 0 Å². The van der Waals surface area contributed by atoms with Gasteiger partial charge in [-0.05, 0) is 32.0 Å². The molecule has 3 heterocycles. The lowest BCUT2D eigenvalue weighted by Gasteiger charge is -2.49. The maximum atomic E-state index is 12.7. The third-order valence-corrected chi connectivity index (χ3v) is 5.87. The van der Waals surface area contributed by atoms with E-state index in [1.54, 1.807) is 18.7 Å². The van der Waals surface area contributed by atoms with Crippen molar-refractivity contribution in [2.75, 3.05) is 12.4 Å². The van der Waals surface area contributed by atoms with Gasteiger partial charge in [-0.3, -0.25) is 14.5 Å². The number of carbonyl (C=O) groups is 2. The Bertz CT molecular complexity index is 783. The Labute approximate surface area is 151 Å². The zero-order valence-corrected chi connectivity index (χ0v) is 15.5. The molecule has 1 aromatic rings. The first-order valence-corrected chi connectivity index (χ1v) is 9.42. The lowest BCUT2D eigenvalue weighted by atomic mass is 9.80. The molecule has 8 heteroatoms. The monoisotopic (exact) mass is 410 g/mol. The summed E-state index contributed by atoms with van der Waals surface area (Å²) in [5.41, 5.74) is -0.288. The molecule has 4 rings (SSSR count). The molecule has 0 N–H and O–H groups in total. The fraction of sp³-hybridized carbons (Fsp3) is 0.438. The summed E-state index contributed by atoms with van der Waals surface area (Å²) in [5.74, 6) is -0.190.